The molecule has 34 heavy (non-hydrogen) atoms. The lowest BCUT2D eigenvalue weighted by molar-refractivity contribution is -0.110. The minimum Gasteiger partial charge on any atom is -0.505 e. The number of nitrogens with zero attached hydrogens (tertiary/aromatic N) is 4. The summed E-state index contributed by atoms with van der Waals surface area (Å²) in [6.07, 6.45) is 14.9. The van der Waals surface area contributed by atoms with Crippen molar-refractivity contribution in [2.45, 2.75) is 25.7 Å². The van der Waals surface area contributed by atoms with Gasteiger partial charge in [-0.15, -0.1) is 0 Å². The van der Waals surface area contributed by atoms with Crippen molar-refractivity contribution in [2.24, 2.45) is 0 Å². The van der Waals surface area contributed by atoms with Gasteiger partial charge in [0.2, 0.25) is 0 Å². The molecular weight excluding hydrogens is 437 g/mol. The van der Waals surface area contributed by atoms with Gasteiger partial charge in [-0.3, -0.25) is 4.79 Å². The van der Waals surface area contributed by atoms with Crippen LogP contribution in [0.1, 0.15) is 36.8 Å². The Bertz CT molecular complexity index is 1040. The van der Waals surface area contributed by atoms with E-state index in [1.165, 1.54) is 25.0 Å². The molecule has 0 aromatic carbocycles. The Morgan fingerprint density at radius 2 is 1.32 bits per heavy atom. The zero-order chi connectivity index (χ0) is 23.8. The van der Waals surface area contributed by atoms with Gasteiger partial charge in [-0.25, -0.2) is 18.6 Å². The molecule has 4 rings (SSSR count). The van der Waals surface area contributed by atoms with Crippen molar-refractivity contribution in [2.75, 3.05) is 36.0 Å². The number of carbonyl (C=O) groups excluding carboxylic acids is 1. The topological polar surface area (TPSA) is 58.6 Å². The molecule has 2 aliphatic rings. The molecule has 0 aliphatic carbocycles. The van der Waals surface area contributed by atoms with E-state index >= 15 is 0 Å². The van der Waals surface area contributed by atoms with E-state index in [2.05, 4.69) is 24.4 Å². The van der Waals surface area contributed by atoms with Gasteiger partial charge in [-0.05, 0) is 85.4 Å². The Morgan fingerprint density at radius 1 is 0.824 bits per heavy atom. The third-order valence-electron chi connectivity index (χ3n) is 5.79. The molecule has 0 amide bonds. The van der Waals surface area contributed by atoms with Crippen molar-refractivity contribution < 1.29 is 18.1 Å². The van der Waals surface area contributed by atoms with Crippen LogP contribution in [0.4, 0.5) is 20.3 Å². The number of allylic oxidation sites excluding steroid dienone is 3. The van der Waals surface area contributed by atoms with Gasteiger partial charge in [0.25, 0.3) is 0 Å². The Labute approximate surface area is 198 Å². The maximum atomic E-state index is 12.8. The van der Waals surface area contributed by atoms with Crippen LogP contribution in [0.2, 0.25) is 0 Å². The fourth-order valence-corrected chi connectivity index (χ4v) is 4.03. The number of rotatable bonds is 9. The van der Waals surface area contributed by atoms with Gasteiger partial charge in [-0.2, -0.15) is 0 Å². The van der Waals surface area contributed by atoms with E-state index in [9.17, 15) is 13.4 Å². The highest BCUT2D eigenvalue weighted by Crippen LogP contribution is 2.19. The maximum Gasteiger partial charge on any atom is 0.796 e. The molecule has 0 unspecified atom stereocenters. The molecular formula is C25H27BF2N4O2. The van der Waals surface area contributed by atoms with Crippen LogP contribution in [-0.2, 0) is 9.45 Å². The summed E-state index contributed by atoms with van der Waals surface area (Å²) in [5.74, 6) is 1.13. The largest absolute Gasteiger partial charge is 0.796 e. The van der Waals surface area contributed by atoms with Gasteiger partial charge in [0.1, 0.15) is 17.4 Å². The lowest BCUT2D eigenvalue weighted by Crippen LogP contribution is -2.18. The average molecular weight is 464 g/mol. The van der Waals surface area contributed by atoms with Crippen LogP contribution < -0.4 is 9.80 Å². The summed E-state index contributed by atoms with van der Waals surface area (Å²) in [6.45, 7) is 3.99. The number of carbonyl (C=O) groups is 1. The summed E-state index contributed by atoms with van der Waals surface area (Å²) in [4.78, 5) is 25.6. The first kappa shape index (κ1) is 23.7. The molecule has 0 atom stereocenters. The van der Waals surface area contributed by atoms with Gasteiger partial charge >= 0.3 is 7.47 Å². The highest BCUT2D eigenvalue weighted by molar-refractivity contribution is 6.35. The standard InChI is InChI=1S/C25H27BF2N4O2/c27-26(28)34-23(10-6-21-8-12-25(30-19-21)32-15-3-4-16-32)17-22(33)9-5-20-7-11-24(29-18-20)31-13-1-2-14-31/h5-12,17-19H,1-4,13-16H2/b9-5+,10-6+,23-17-. The zero-order valence-corrected chi connectivity index (χ0v) is 18.9. The predicted octanol–water partition coefficient (Wildman–Crippen LogP) is 4.80. The van der Waals surface area contributed by atoms with Gasteiger partial charge < -0.3 is 14.5 Å². The van der Waals surface area contributed by atoms with Crippen molar-refractivity contribution in [1.29, 1.82) is 0 Å². The van der Waals surface area contributed by atoms with E-state index < -0.39 is 13.3 Å². The molecule has 2 aromatic heterocycles. The monoisotopic (exact) mass is 464 g/mol. The number of anilines is 2. The number of hydrogen-bond donors (Lipinski definition) is 0. The molecule has 0 spiro atoms. The Hall–Kier alpha value is -3.49. The summed E-state index contributed by atoms with van der Waals surface area (Å²) in [5, 5.41) is 0. The third kappa shape index (κ3) is 6.76. The smallest absolute Gasteiger partial charge is 0.505 e. The van der Waals surface area contributed by atoms with Crippen LogP contribution in [0.25, 0.3) is 12.2 Å². The second kappa shape index (κ2) is 11.6. The molecule has 6 nitrogen and oxygen atoms in total. The Morgan fingerprint density at radius 3 is 1.76 bits per heavy atom. The van der Waals surface area contributed by atoms with E-state index in [1.54, 1.807) is 24.5 Å². The van der Waals surface area contributed by atoms with Crippen LogP contribution in [-0.4, -0.2) is 49.4 Å². The van der Waals surface area contributed by atoms with Crippen molar-refractivity contribution in [3.05, 3.63) is 71.8 Å². The molecule has 2 aliphatic heterocycles. The Kier molecular flexibility index (Phi) is 8.06. The fourth-order valence-electron chi connectivity index (χ4n) is 4.03. The minimum absolute atomic E-state index is 0.226. The van der Waals surface area contributed by atoms with Crippen LogP contribution >= 0.6 is 0 Å². The second-order valence-corrected chi connectivity index (χ2v) is 8.28. The molecule has 2 saturated heterocycles. The molecule has 0 saturated carbocycles. The summed E-state index contributed by atoms with van der Waals surface area (Å²) in [6, 6.07) is 7.56. The van der Waals surface area contributed by atoms with Gasteiger partial charge in [-0.1, -0.05) is 0 Å². The Balaban J connectivity index is 1.39. The predicted molar refractivity (Wildman–Crippen MR) is 132 cm³/mol. The van der Waals surface area contributed by atoms with Gasteiger partial charge in [0.15, 0.2) is 5.78 Å². The molecule has 0 bridgehead atoms. The van der Waals surface area contributed by atoms with Gasteiger partial charge in [0.05, 0.1) is 0 Å². The quantitative estimate of drug-likeness (QED) is 0.230. The second-order valence-electron chi connectivity index (χ2n) is 8.28. The molecule has 0 N–H and O–H groups in total. The van der Waals surface area contributed by atoms with Crippen molar-refractivity contribution in [1.82, 2.24) is 9.97 Å². The van der Waals surface area contributed by atoms with Crippen molar-refractivity contribution in [3.8, 4) is 0 Å². The third-order valence-corrected chi connectivity index (χ3v) is 5.79. The fraction of sp³-hybridized carbons (Fsp3) is 0.320. The van der Waals surface area contributed by atoms with E-state index in [4.69, 9.17) is 0 Å². The number of aromatic nitrogens is 2. The minimum atomic E-state index is -3.04. The molecule has 9 heteroatoms. The van der Waals surface area contributed by atoms with Crippen LogP contribution in [0.3, 0.4) is 0 Å². The number of halogens is 2. The SMILES string of the molecule is O=C(/C=C(/C=C/c1ccc(N2CCCC2)nc1)OB(F)F)/C=C/c1ccc(N2CCCC2)nc1. The lowest BCUT2D eigenvalue weighted by atomic mass is 10.2. The summed E-state index contributed by atoms with van der Waals surface area (Å²) < 4.78 is 30.2. The number of pyridine rings is 2. The first-order chi connectivity index (χ1) is 16.6. The first-order valence-corrected chi connectivity index (χ1v) is 11.6. The summed E-state index contributed by atoms with van der Waals surface area (Å²) in [5.41, 5.74) is 1.47. The van der Waals surface area contributed by atoms with Crippen LogP contribution in [0, 0.1) is 0 Å². The molecule has 2 fully saturated rings. The normalized spacial score (nSPS) is 16.7. The summed E-state index contributed by atoms with van der Waals surface area (Å²) >= 11 is 0. The zero-order valence-electron chi connectivity index (χ0n) is 18.9. The van der Waals surface area contributed by atoms with Crippen LogP contribution in [0.5, 0.6) is 0 Å². The number of hydrogen-bond acceptors (Lipinski definition) is 6. The van der Waals surface area contributed by atoms with E-state index in [0.29, 0.717) is 0 Å². The van der Waals surface area contributed by atoms with Crippen LogP contribution in [0.15, 0.2) is 60.6 Å². The summed E-state index contributed by atoms with van der Waals surface area (Å²) in [7, 11) is -3.04. The van der Waals surface area contributed by atoms with Crippen molar-refractivity contribution in [3.63, 3.8) is 0 Å². The average Bonchev–Trinajstić information content (AvgIpc) is 3.56. The molecule has 4 heterocycles. The molecule has 2 aromatic rings. The van der Waals surface area contributed by atoms with E-state index in [-0.39, 0.29) is 5.76 Å². The lowest BCUT2D eigenvalue weighted by Gasteiger charge is -2.15. The van der Waals surface area contributed by atoms with E-state index in [1.807, 2.05) is 24.3 Å². The van der Waals surface area contributed by atoms with Gasteiger partial charge in [0, 0.05) is 44.6 Å². The highest BCUT2D eigenvalue weighted by Gasteiger charge is 2.18. The molecule has 0 radical (unpaired) electrons. The highest BCUT2D eigenvalue weighted by atomic mass is 19.2. The van der Waals surface area contributed by atoms with E-state index in [0.717, 1.165) is 67.9 Å². The number of ketones is 1. The van der Waals surface area contributed by atoms with Crippen molar-refractivity contribution >= 4 is 37.0 Å². The first-order valence-electron chi connectivity index (χ1n) is 11.6. The molecule has 176 valence electrons. The maximum absolute atomic E-state index is 12.8.